The summed E-state index contributed by atoms with van der Waals surface area (Å²) in [6.07, 6.45) is 7.48. The molecule has 0 spiro atoms. The van der Waals surface area contributed by atoms with Crippen molar-refractivity contribution in [3.8, 4) is 0 Å². The van der Waals surface area contributed by atoms with E-state index in [0.29, 0.717) is 6.61 Å². The van der Waals surface area contributed by atoms with Gasteiger partial charge in [0, 0.05) is 0 Å². The van der Waals surface area contributed by atoms with Gasteiger partial charge in [-0.2, -0.15) is 0 Å². The summed E-state index contributed by atoms with van der Waals surface area (Å²) >= 11 is 0. The zero-order valence-electron chi connectivity index (χ0n) is 6.60. The highest BCUT2D eigenvalue weighted by Crippen LogP contribution is 2.13. The molecule has 3 heteroatoms. The molecule has 2 aliphatic rings. The van der Waals surface area contributed by atoms with Crippen molar-refractivity contribution in [3.05, 3.63) is 24.3 Å². The number of ether oxygens (including phenoxy) is 2. The predicted octanol–water partition coefficient (Wildman–Crippen LogP) is 0.671. The minimum absolute atomic E-state index is 0.156. The first-order valence-electron chi connectivity index (χ1n) is 3.99. The van der Waals surface area contributed by atoms with Crippen LogP contribution < -0.4 is 0 Å². The monoisotopic (exact) mass is 166 g/mol. The topological polar surface area (TPSA) is 38.8 Å². The van der Waals surface area contributed by atoms with Crippen LogP contribution in [0.15, 0.2) is 24.3 Å². The summed E-state index contributed by atoms with van der Waals surface area (Å²) in [5.74, 6) is -0.362. The molecule has 1 aliphatic carbocycles. The Hall–Kier alpha value is -1.09. The highest BCUT2D eigenvalue weighted by Gasteiger charge is 2.25. The van der Waals surface area contributed by atoms with E-state index in [4.69, 9.17) is 9.47 Å². The van der Waals surface area contributed by atoms with Gasteiger partial charge in [-0.25, -0.2) is 0 Å². The fourth-order valence-corrected chi connectivity index (χ4v) is 1.02. The van der Waals surface area contributed by atoms with Crippen molar-refractivity contribution < 1.29 is 14.3 Å². The van der Waals surface area contributed by atoms with Gasteiger partial charge in [0.05, 0.1) is 12.5 Å². The van der Waals surface area contributed by atoms with Crippen LogP contribution in [0.2, 0.25) is 0 Å². The van der Waals surface area contributed by atoms with Gasteiger partial charge in [-0.3, -0.25) is 4.79 Å². The quantitative estimate of drug-likeness (QED) is 0.457. The van der Waals surface area contributed by atoms with Crippen LogP contribution in [0.4, 0.5) is 0 Å². The molecule has 12 heavy (non-hydrogen) atoms. The first-order valence-corrected chi connectivity index (χ1v) is 3.99. The Morgan fingerprint density at radius 1 is 1.50 bits per heavy atom. The summed E-state index contributed by atoms with van der Waals surface area (Å²) in [6.45, 7) is 1.13. The third-order valence-electron chi connectivity index (χ3n) is 1.83. The van der Waals surface area contributed by atoms with E-state index in [0.717, 1.165) is 6.61 Å². The summed E-state index contributed by atoms with van der Waals surface area (Å²) in [7, 11) is 0. The molecule has 0 amide bonds. The van der Waals surface area contributed by atoms with Gasteiger partial charge < -0.3 is 9.47 Å². The first kappa shape index (κ1) is 7.55. The highest BCUT2D eigenvalue weighted by atomic mass is 16.6. The smallest absolute Gasteiger partial charge is 0.316 e. The molecule has 1 atom stereocenters. The number of hydrogen-bond acceptors (Lipinski definition) is 3. The van der Waals surface area contributed by atoms with Crippen molar-refractivity contribution in [2.45, 2.75) is 6.10 Å². The summed E-state index contributed by atoms with van der Waals surface area (Å²) in [4.78, 5) is 11.2. The molecule has 0 bridgehead atoms. The summed E-state index contributed by atoms with van der Waals surface area (Å²) in [6, 6.07) is 0. The molecule has 3 nitrogen and oxygen atoms in total. The van der Waals surface area contributed by atoms with Crippen LogP contribution in [0.3, 0.4) is 0 Å². The minimum Gasteiger partial charge on any atom is -0.462 e. The maximum atomic E-state index is 11.2. The van der Waals surface area contributed by atoms with Gasteiger partial charge in [0.25, 0.3) is 0 Å². The number of hydrogen-bond donors (Lipinski definition) is 0. The van der Waals surface area contributed by atoms with Gasteiger partial charge >= 0.3 is 5.97 Å². The molecule has 0 N–H and O–H groups in total. The van der Waals surface area contributed by atoms with Gasteiger partial charge in [-0.1, -0.05) is 24.3 Å². The predicted molar refractivity (Wildman–Crippen MR) is 42.5 cm³/mol. The number of esters is 1. The molecule has 1 unspecified atom stereocenters. The van der Waals surface area contributed by atoms with Crippen LogP contribution in [0.5, 0.6) is 0 Å². The second-order valence-corrected chi connectivity index (χ2v) is 2.88. The van der Waals surface area contributed by atoms with Crippen molar-refractivity contribution in [2.75, 3.05) is 13.2 Å². The van der Waals surface area contributed by atoms with Gasteiger partial charge in [0.15, 0.2) is 0 Å². The zero-order chi connectivity index (χ0) is 8.39. The lowest BCUT2D eigenvalue weighted by Crippen LogP contribution is -2.15. The van der Waals surface area contributed by atoms with Crippen LogP contribution in [0, 0.1) is 5.92 Å². The molecular weight excluding hydrogens is 156 g/mol. The van der Waals surface area contributed by atoms with Gasteiger partial charge in [0.2, 0.25) is 0 Å². The van der Waals surface area contributed by atoms with Gasteiger partial charge in [-0.15, -0.1) is 0 Å². The van der Waals surface area contributed by atoms with Crippen LogP contribution in [-0.2, 0) is 14.3 Å². The molecule has 0 saturated carbocycles. The van der Waals surface area contributed by atoms with Crippen LogP contribution >= 0.6 is 0 Å². The van der Waals surface area contributed by atoms with E-state index < -0.39 is 0 Å². The van der Waals surface area contributed by atoms with Crippen molar-refractivity contribution in [1.29, 1.82) is 0 Å². The SMILES string of the molecule is O=C(OCC1CO1)C1C=CC=C1. The first-order chi connectivity index (χ1) is 5.86. The average Bonchev–Trinajstić information content (AvgIpc) is 2.74. The maximum absolute atomic E-state index is 11.2. The van der Waals surface area contributed by atoms with E-state index in [1.807, 2.05) is 24.3 Å². The summed E-state index contributed by atoms with van der Waals surface area (Å²) in [5, 5.41) is 0. The number of epoxide rings is 1. The molecule has 0 radical (unpaired) electrons. The molecule has 0 aromatic carbocycles. The van der Waals surface area contributed by atoms with E-state index in [1.54, 1.807) is 0 Å². The Labute approximate surface area is 70.7 Å². The number of allylic oxidation sites excluding steroid dienone is 2. The largest absolute Gasteiger partial charge is 0.462 e. The maximum Gasteiger partial charge on any atom is 0.316 e. The molecule has 1 saturated heterocycles. The Morgan fingerprint density at radius 3 is 2.75 bits per heavy atom. The lowest BCUT2D eigenvalue weighted by Gasteiger charge is -2.04. The fourth-order valence-electron chi connectivity index (χ4n) is 1.02. The molecule has 1 heterocycles. The Balaban J connectivity index is 1.75. The van der Waals surface area contributed by atoms with E-state index in [2.05, 4.69) is 0 Å². The third kappa shape index (κ3) is 1.74. The van der Waals surface area contributed by atoms with Gasteiger partial charge in [-0.05, 0) is 0 Å². The van der Waals surface area contributed by atoms with Gasteiger partial charge in [0.1, 0.15) is 12.7 Å². The Kier molecular flexibility index (Phi) is 1.96. The Morgan fingerprint density at radius 2 is 2.17 bits per heavy atom. The molecule has 2 rings (SSSR count). The number of carbonyl (C=O) groups excluding carboxylic acids is 1. The lowest BCUT2D eigenvalue weighted by molar-refractivity contribution is -0.145. The molecule has 64 valence electrons. The van der Waals surface area contributed by atoms with Crippen LogP contribution in [0.25, 0.3) is 0 Å². The average molecular weight is 166 g/mol. The van der Waals surface area contributed by atoms with E-state index in [1.165, 1.54) is 0 Å². The normalized spacial score (nSPS) is 26.2. The van der Waals surface area contributed by atoms with Crippen molar-refractivity contribution >= 4 is 5.97 Å². The van der Waals surface area contributed by atoms with Crippen molar-refractivity contribution in [2.24, 2.45) is 5.92 Å². The molecule has 1 fully saturated rings. The second kappa shape index (κ2) is 3.11. The van der Waals surface area contributed by atoms with E-state index in [-0.39, 0.29) is 18.0 Å². The number of rotatable bonds is 3. The number of carbonyl (C=O) groups is 1. The zero-order valence-corrected chi connectivity index (χ0v) is 6.60. The lowest BCUT2D eigenvalue weighted by atomic mass is 10.2. The van der Waals surface area contributed by atoms with E-state index >= 15 is 0 Å². The minimum atomic E-state index is -0.185. The van der Waals surface area contributed by atoms with Crippen molar-refractivity contribution in [1.82, 2.24) is 0 Å². The molecular formula is C9H10O3. The molecule has 1 aliphatic heterocycles. The summed E-state index contributed by atoms with van der Waals surface area (Å²) < 4.78 is 9.89. The van der Waals surface area contributed by atoms with Crippen LogP contribution in [-0.4, -0.2) is 25.3 Å². The standard InChI is InChI=1S/C9H10O3/c10-9(7-3-1-2-4-7)12-6-8-5-11-8/h1-4,7-8H,5-6H2. The van der Waals surface area contributed by atoms with Crippen molar-refractivity contribution in [3.63, 3.8) is 0 Å². The molecule has 0 aromatic heterocycles. The fraction of sp³-hybridized carbons (Fsp3) is 0.444. The highest BCUT2D eigenvalue weighted by molar-refractivity contribution is 5.77. The Bertz CT molecular complexity index is 226. The van der Waals surface area contributed by atoms with Crippen LogP contribution in [0.1, 0.15) is 0 Å². The third-order valence-corrected chi connectivity index (χ3v) is 1.83. The van der Waals surface area contributed by atoms with E-state index in [9.17, 15) is 4.79 Å². The summed E-state index contributed by atoms with van der Waals surface area (Å²) in [5.41, 5.74) is 0. The second-order valence-electron chi connectivity index (χ2n) is 2.88. The molecule has 0 aromatic rings.